The number of carbonyl (C=O) groups excluding carboxylic acids is 1. The lowest BCUT2D eigenvalue weighted by Gasteiger charge is -2.26. The van der Waals surface area contributed by atoms with Crippen molar-refractivity contribution in [2.45, 2.75) is 39.5 Å². The Morgan fingerprint density at radius 1 is 1.32 bits per heavy atom. The molecule has 1 aromatic carbocycles. The third-order valence-electron chi connectivity index (χ3n) is 4.12. The molecule has 2 nitrogen and oxygen atoms in total. The normalized spacial score (nSPS) is 23.1. The maximum Gasteiger partial charge on any atom is 0.251 e. The fraction of sp³-hybridized carbons (Fsp3) is 0.562. The minimum absolute atomic E-state index is 0.0410. The molecule has 0 radical (unpaired) electrons. The second-order valence-corrected chi connectivity index (χ2v) is 6.65. The molecule has 1 fully saturated rings. The van der Waals surface area contributed by atoms with Gasteiger partial charge < -0.3 is 5.32 Å². The number of benzene rings is 1. The van der Waals surface area contributed by atoms with E-state index in [1.54, 1.807) is 0 Å². The number of nitrogens with one attached hydrogen (secondary N) is 1. The quantitative estimate of drug-likeness (QED) is 0.882. The summed E-state index contributed by atoms with van der Waals surface area (Å²) < 4.78 is 0.992. The summed E-state index contributed by atoms with van der Waals surface area (Å²) in [6.45, 7) is 5.16. The lowest BCUT2D eigenvalue weighted by molar-refractivity contribution is 0.0942. The lowest BCUT2D eigenvalue weighted by Crippen LogP contribution is -2.31. The third kappa shape index (κ3) is 4.07. The molecule has 0 bridgehead atoms. The smallest absolute Gasteiger partial charge is 0.251 e. The molecule has 0 aliphatic heterocycles. The molecule has 3 heteroatoms. The van der Waals surface area contributed by atoms with E-state index >= 15 is 0 Å². The number of halogens is 1. The van der Waals surface area contributed by atoms with Crippen LogP contribution in [-0.2, 0) is 0 Å². The van der Waals surface area contributed by atoms with Crippen LogP contribution in [-0.4, -0.2) is 12.5 Å². The average molecular weight is 324 g/mol. The summed E-state index contributed by atoms with van der Waals surface area (Å²) in [5.41, 5.74) is 1.89. The molecule has 0 atom stereocenters. The molecule has 1 aliphatic carbocycles. The predicted octanol–water partition coefficient (Wildman–Crippen LogP) is 4.31. The minimum Gasteiger partial charge on any atom is -0.352 e. The van der Waals surface area contributed by atoms with Gasteiger partial charge in [0.05, 0.1) is 0 Å². The Morgan fingerprint density at radius 3 is 2.63 bits per heavy atom. The van der Waals surface area contributed by atoms with Gasteiger partial charge in [0.25, 0.3) is 5.91 Å². The highest BCUT2D eigenvalue weighted by molar-refractivity contribution is 9.10. The van der Waals surface area contributed by atoms with Crippen LogP contribution < -0.4 is 5.32 Å². The molecule has 0 saturated heterocycles. The number of hydrogen-bond donors (Lipinski definition) is 1. The zero-order valence-electron chi connectivity index (χ0n) is 11.7. The second kappa shape index (κ2) is 6.56. The standard InChI is InChI=1S/C16H22BrNO/c1-11-3-6-13(7-4-11)10-18-16(19)14-8-5-12(2)15(17)9-14/h5,8-9,11,13H,3-4,6-7,10H2,1-2H3,(H,18,19). The summed E-state index contributed by atoms with van der Waals surface area (Å²) in [7, 11) is 0. The molecule has 1 N–H and O–H groups in total. The van der Waals surface area contributed by atoms with Gasteiger partial charge in [0, 0.05) is 16.6 Å². The Bertz CT molecular complexity index is 450. The van der Waals surface area contributed by atoms with Gasteiger partial charge in [-0.25, -0.2) is 0 Å². The van der Waals surface area contributed by atoms with Gasteiger partial charge in [0.1, 0.15) is 0 Å². The van der Waals surface area contributed by atoms with Gasteiger partial charge in [-0.2, -0.15) is 0 Å². The molecule has 0 heterocycles. The van der Waals surface area contributed by atoms with Crippen LogP contribution in [0.2, 0.25) is 0 Å². The van der Waals surface area contributed by atoms with Gasteiger partial charge in [-0.3, -0.25) is 4.79 Å². The summed E-state index contributed by atoms with van der Waals surface area (Å²) in [5, 5.41) is 3.07. The Kier molecular flexibility index (Phi) is 5.03. The fourth-order valence-electron chi connectivity index (χ4n) is 2.61. The van der Waals surface area contributed by atoms with Crippen LogP contribution in [0.5, 0.6) is 0 Å². The van der Waals surface area contributed by atoms with Gasteiger partial charge in [-0.15, -0.1) is 0 Å². The fourth-order valence-corrected chi connectivity index (χ4v) is 2.99. The van der Waals surface area contributed by atoms with E-state index < -0.39 is 0 Å². The Labute approximate surface area is 124 Å². The Balaban J connectivity index is 1.85. The molecule has 0 spiro atoms. The highest BCUT2D eigenvalue weighted by Gasteiger charge is 2.18. The van der Waals surface area contributed by atoms with E-state index in [1.165, 1.54) is 25.7 Å². The van der Waals surface area contributed by atoms with Crippen LogP contribution in [0, 0.1) is 18.8 Å². The van der Waals surface area contributed by atoms with E-state index in [0.717, 1.165) is 28.1 Å². The zero-order chi connectivity index (χ0) is 13.8. The summed E-state index contributed by atoms with van der Waals surface area (Å²) >= 11 is 3.47. The topological polar surface area (TPSA) is 29.1 Å². The number of hydrogen-bond acceptors (Lipinski definition) is 1. The van der Waals surface area contributed by atoms with E-state index in [-0.39, 0.29) is 5.91 Å². The van der Waals surface area contributed by atoms with Crippen molar-refractivity contribution < 1.29 is 4.79 Å². The molecule has 1 aliphatic rings. The molecule has 0 aromatic heterocycles. The van der Waals surface area contributed by atoms with Crippen molar-refractivity contribution in [2.75, 3.05) is 6.54 Å². The van der Waals surface area contributed by atoms with Crippen molar-refractivity contribution >= 4 is 21.8 Å². The molecule has 0 unspecified atom stereocenters. The van der Waals surface area contributed by atoms with Crippen LogP contribution in [0.15, 0.2) is 22.7 Å². The maximum absolute atomic E-state index is 12.1. The van der Waals surface area contributed by atoms with Crippen molar-refractivity contribution in [2.24, 2.45) is 11.8 Å². The Hall–Kier alpha value is -0.830. The van der Waals surface area contributed by atoms with E-state index in [4.69, 9.17) is 0 Å². The Morgan fingerprint density at radius 2 is 2.00 bits per heavy atom. The zero-order valence-corrected chi connectivity index (χ0v) is 13.3. The molecule has 1 amide bonds. The molecular weight excluding hydrogens is 302 g/mol. The molecule has 1 aromatic rings. The maximum atomic E-state index is 12.1. The summed E-state index contributed by atoms with van der Waals surface area (Å²) in [5.74, 6) is 1.56. The first-order valence-electron chi connectivity index (χ1n) is 7.10. The highest BCUT2D eigenvalue weighted by Crippen LogP contribution is 2.27. The van der Waals surface area contributed by atoms with E-state index in [0.29, 0.717) is 5.92 Å². The second-order valence-electron chi connectivity index (χ2n) is 5.80. The van der Waals surface area contributed by atoms with Crippen molar-refractivity contribution in [3.05, 3.63) is 33.8 Å². The first-order chi connectivity index (χ1) is 9.06. The van der Waals surface area contributed by atoms with Crippen molar-refractivity contribution in [1.82, 2.24) is 5.32 Å². The first-order valence-corrected chi connectivity index (χ1v) is 7.90. The number of carbonyl (C=O) groups is 1. The van der Waals surface area contributed by atoms with Gasteiger partial charge in [-0.1, -0.05) is 41.8 Å². The van der Waals surface area contributed by atoms with E-state index in [2.05, 4.69) is 28.2 Å². The highest BCUT2D eigenvalue weighted by atomic mass is 79.9. The molecular formula is C16H22BrNO. The van der Waals surface area contributed by atoms with Crippen LogP contribution in [0.1, 0.15) is 48.5 Å². The first kappa shape index (κ1) is 14.6. The number of aryl methyl sites for hydroxylation is 1. The monoisotopic (exact) mass is 323 g/mol. The number of rotatable bonds is 3. The van der Waals surface area contributed by atoms with Gasteiger partial charge in [-0.05, 0) is 49.3 Å². The minimum atomic E-state index is 0.0410. The summed E-state index contributed by atoms with van der Waals surface area (Å²) in [4.78, 5) is 12.1. The van der Waals surface area contributed by atoms with Crippen LogP contribution in [0.25, 0.3) is 0 Å². The van der Waals surface area contributed by atoms with Gasteiger partial charge >= 0.3 is 0 Å². The molecule has 104 valence electrons. The van der Waals surface area contributed by atoms with Crippen LogP contribution in [0.3, 0.4) is 0 Å². The van der Waals surface area contributed by atoms with Crippen molar-refractivity contribution in [1.29, 1.82) is 0 Å². The molecule has 1 saturated carbocycles. The molecule has 19 heavy (non-hydrogen) atoms. The predicted molar refractivity (Wildman–Crippen MR) is 82.3 cm³/mol. The van der Waals surface area contributed by atoms with Crippen LogP contribution >= 0.6 is 15.9 Å². The van der Waals surface area contributed by atoms with Gasteiger partial charge in [0.15, 0.2) is 0 Å². The largest absolute Gasteiger partial charge is 0.352 e. The SMILES string of the molecule is Cc1ccc(C(=O)NCC2CCC(C)CC2)cc1Br. The molecule has 2 rings (SSSR count). The summed E-state index contributed by atoms with van der Waals surface area (Å²) in [6, 6.07) is 5.76. The third-order valence-corrected chi connectivity index (χ3v) is 4.98. The van der Waals surface area contributed by atoms with Crippen LogP contribution in [0.4, 0.5) is 0 Å². The van der Waals surface area contributed by atoms with Gasteiger partial charge in [0.2, 0.25) is 0 Å². The van der Waals surface area contributed by atoms with Crippen molar-refractivity contribution in [3.63, 3.8) is 0 Å². The lowest BCUT2D eigenvalue weighted by atomic mass is 9.83. The van der Waals surface area contributed by atoms with E-state index in [9.17, 15) is 4.79 Å². The summed E-state index contributed by atoms with van der Waals surface area (Å²) in [6.07, 6.45) is 5.10. The van der Waals surface area contributed by atoms with E-state index in [1.807, 2.05) is 25.1 Å². The van der Waals surface area contributed by atoms with Crippen molar-refractivity contribution in [3.8, 4) is 0 Å². The number of amides is 1. The average Bonchev–Trinajstić information content (AvgIpc) is 2.41.